The highest BCUT2D eigenvalue weighted by Crippen LogP contribution is 2.34. The van der Waals surface area contributed by atoms with Crippen molar-refractivity contribution in [2.45, 2.75) is 12.8 Å². The number of hydrogen-bond donors (Lipinski definition) is 1. The first kappa shape index (κ1) is 13.4. The summed E-state index contributed by atoms with van der Waals surface area (Å²) in [6, 6.07) is 22.1. The van der Waals surface area contributed by atoms with E-state index in [-0.39, 0.29) is 5.92 Å². The molecule has 0 bridgehead atoms. The van der Waals surface area contributed by atoms with E-state index in [1.165, 1.54) is 5.56 Å². The van der Waals surface area contributed by atoms with Crippen LogP contribution in [0.5, 0.6) is 5.75 Å². The van der Waals surface area contributed by atoms with Crippen LogP contribution in [-0.4, -0.2) is 5.11 Å². The maximum absolute atomic E-state index is 10.2. The van der Waals surface area contributed by atoms with Crippen LogP contribution >= 0.6 is 0 Å². The zero-order chi connectivity index (χ0) is 14.7. The van der Waals surface area contributed by atoms with E-state index in [1.54, 1.807) is 6.07 Å². The van der Waals surface area contributed by atoms with E-state index in [0.717, 1.165) is 16.3 Å². The number of benzene rings is 3. The number of phenols is 1. The van der Waals surface area contributed by atoms with Crippen LogP contribution in [0.3, 0.4) is 0 Å². The highest BCUT2D eigenvalue weighted by Gasteiger charge is 2.11. The quantitative estimate of drug-likeness (QED) is 0.681. The highest BCUT2D eigenvalue weighted by molar-refractivity contribution is 5.88. The summed E-state index contributed by atoms with van der Waals surface area (Å²) in [4.78, 5) is 0. The van der Waals surface area contributed by atoms with Crippen LogP contribution in [0.15, 0.2) is 72.8 Å². The fraction of sp³-hybridized carbons (Fsp3) is 0.100. The molecule has 1 nitrogen and oxygen atoms in total. The summed E-state index contributed by atoms with van der Waals surface area (Å²) >= 11 is 0. The molecule has 0 radical (unpaired) electrons. The number of hydrogen-bond acceptors (Lipinski definition) is 1. The average molecular weight is 274 g/mol. The van der Waals surface area contributed by atoms with Gasteiger partial charge in [-0.2, -0.15) is 0 Å². The number of allylic oxidation sites excluding steroid dienone is 1. The highest BCUT2D eigenvalue weighted by atomic mass is 16.3. The van der Waals surface area contributed by atoms with E-state index in [2.05, 4.69) is 43.3 Å². The van der Waals surface area contributed by atoms with Crippen molar-refractivity contribution in [3.8, 4) is 5.75 Å². The number of aromatic hydroxyl groups is 1. The molecule has 1 atom stereocenters. The van der Waals surface area contributed by atoms with Gasteiger partial charge in [-0.3, -0.25) is 0 Å². The van der Waals surface area contributed by atoms with E-state index in [1.807, 2.05) is 36.4 Å². The second-order valence-corrected chi connectivity index (χ2v) is 5.28. The van der Waals surface area contributed by atoms with Gasteiger partial charge in [0.1, 0.15) is 5.75 Å². The second-order valence-electron chi connectivity index (χ2n) is 5.28. The molecular formula is C20H18O. The molecule has 0 aromatic heterocycles. The van der Waals surface area contributed by atoms with Gasteiger partial charge >= 0.3 is 0 Å². The standard InChI is InChI=1S/C20H18O/c1-15(11-12-16-7-3-2-4-8-16)20-18-10-6-5-9-17(18)13-14-19(20)21/h2-15,21H,1H3. The van der Waals surface area contributed by atoms with Crippen molar-refractivity contribution in [3.05, 3.63) is 83.9 Å². The van der Waals surface area contributed by atoms with Crippen molar-refractivity contribution < 1.29 is 5.11 Å². The summed E-state index contributed by atoms with van der Waals surface area (Å²) in [6.45, 7) is 2.11. The van der Waals surface area contributed by atoms with E-state index in [4.69, 9.17) is 0 Å². The Hall–Kier alpha value is -2.54. The summed E-state index contributed by atoms with van der Waals surface area (Å²) in [6.07, 6.45) is 4.24. The molecule has 1 N–H and O–H groups in total. The lowest BCUT2D eigenvalue weighted by molar-refractivity contribution is 0.468. The zero-order valence-electron chi connectivity index (χ0n) is 12.0. The molecule has 0 amide bonds. The molecule has 0 fully saturated rings. The van der Waals surface area contributed by atoms with Crippen LogP contribution in [0.2, 0.25) is 0 Å². The number of phenolic OH excluding ortho intramolecular Hbond substituents is 1. The summed E-state index contributed by atoms with van der Waals surface area (Å²) < 4.78 is 0. The van der Waals surface area contributed by atoms with Crippen molar-refractivity contribution in [2.75, 3.05) is 0 Å². The molecule has 104 valence electrons. The van der Waals surface area contributed by atoms with E-state index in [0.29, 0.717) is 5.75 Å². The van der Waals surface area contributed by atoms with Crippen molar-refractivity contribution in [2.24, 2.45) is 0 Å². The molecule has 1 heteroatoms. The molecule has 0 heterocycles. The Kier molecular flexibility index (Phi) is 3.74. The minimum atomic E-state index is 0.149. The molecule has 0 aliphatic heterocycles. The Morgan fingerprint density at radius 3 is 2.38 bits per heavy atom. The molecule has 0 aliphatic rings. The van der Waals surface area contributed by atoms with Gasteiger partial charge in [0, 0.05) is 11.5 Å². The summed E-state index contributed by atoms with van der Waals surface area (Å²) in [5, 5.41) is 12.5. The normalized spacial score (nSPS) is 12.8. The maximum Gasteiger partial charge on any atom is 0.119 e. The number of fused-ring (bicyclic) bond motifs is 1. The van der Waals surface area contributed by atoms with Crippen LogP contribution in [-0.2, 0) is 0 Å². The minimum Gasteiger partial charge on any atom is -0.508 e. The largest absolute Gasteiger partial charge is 0.508 e. The number of rotatable bonds is 3. The van der Waals surface area contributed by atoms with Crippen molar-refractivity contribution in [3.63, 3.8) is 0 Å². The maximum atomic E-state index is 10.2. The van der Waals surface area contributed by atoms with Gasteiger partial charge < -0.3 is 5.11 Å². The smallest absolute Gasteiger partial charge is 0.119 e. The summed E-state index contributed by atoms with van der Waals surface area (Å²) in [5.41, 5.74) is 2.16. The molecule has 1 unspecified atom stereocenters. The Morgan fingerprint density at radius 2 is 1.57 bits per heavy atom. The Bertz CT molecular complexity index is 772. The van der Waals surface area contributed by atoms with Crippen LogP contribution in [0.4, 0.5) is 0 Å². The zero-order valence-corrected chi connectivity index (χ0v) is 12.0. The molecule has 0 aliphatic carbocycles. The molecule has 3 rings (SSSR count). The van der Waals surface area contributed by atoms with Gasteiger partial charge in [0.25, 0.3) is 0 Å². The predicted molar refractivity (Wildman–Crippen MR) is 89.5 cm³/mol. The third-order valence-corrected chi connectivity index (χ3v) is 3.78. The van der Waals surface area contributed by atoms with Crippen LogP contribution in [0, 0.1) is 0 Å². The monoisotopic (exact) mass is 274 g/mol. The van der Waals surface area contributed by atoms with Crippen molar-refractivity contribution in [1.82, 2.24) is 0 Å². The van der Waals surface area contributed by atoms with Gasteiger partial charge in [-0.15, -0.1) is 0 Å². The Morgan fingerprint density at radius 1 is 0.857 bits per heavy atom. The van der Waals surface area contributed by atoms with Crippen molar-refractivity contribution >= 4 is 16.8 Å². The third-order valence-electron chi connectivity index (χ3n) is 3.78. The second kappa shape index (κ2) is 5.84. The molecule has 21 heavy (non-hydrogen) atoms. The van der Waals surface area contributed by atoms with E-state index in [9.17, 15) is 5.11 Å². The van der Waals surface area contributed by atoms with Gasteiger partial charge in [-0.25, -0.2) is 0 Å². The topological polar surface area (TPSA) is 20.2 Å². The fourth-order valence-electron chi connectivity index (χ4n) is 2.68. The first-order valence-corrected chi connectivity index (χ1v) is 7.19. The predicted octanol–water partition coefficient (Wildman–Crippen LogP) is 5.36. The Labute approximate surface area is 125 Å². The third kappa shape index (κ3) is 2.82. The molecule has 0 spiro atoms. The van der Waals surface area contributed by atoms with Gasteiger partial charge in [0.15, 0.2) is 0 Å². The van der Waals surface area contributed by atoms with Gasteiger partial charge in [-0.05, 0) is 22.4 Å². The van der Waals surface area contributed by atoms with Gasteiger partial charge in [0.2, 0.25) is 0 Å². The average Bonchev–Trinajstić information content (AvgIpc) is 2.53. The van der Waals surface area contributed by atoms with E-state index < -0.39 is 0 Å². The summed E-state index contributed by atoms with van der Waals surface area (Å²) in [5.74, 6) is 0.509. The van der Waals surface area contributed by atoms with Gasteiger partial charge in [-0.1, -0.05) is 79.7 Å². The first-order valence-electron chi connectivity index (χ1n) is 7.19. The SMILES string of the molecule is CC(C=Cc1ccccc1)c1c(O)ccc2ccccc12. The van der Waals surface area contributed by atoms with Crippen molar-refractivity contribution in [1.29, 1.82) is 0 Å². The fourth-order valence-corrected chi connectivity index (χ4v) is 2.68. The Balaban J connectivity index is 2.00. The summed E-state index contributed by atoms with van der Waals surface area (Å²) in [7, 11) is 0. The lowest BCUT2D eigenvalue weighted by atomic mass is 9.93. The van der Waals surface area contributed by atoms with Crippen LogP contribution in [0.1, 0.15) is 24.0 Å². The molecular weight excluding hydrogens is 256 g/mol. The van der Waals surface area contributed by atoms with Gasteiger partial charge in [0.05, 0.1) is 0 Å². The molecule has 0 saturated heterocycles. The first-order chi connectivity index (χ1) is 10.3. The van der Waals surface area contributed by atoms with Crippen LogP contribution in [0.25, 0.3) is 16.8 Å². The molecule has 0 saturated carbocycles. The van der Waals surface area contributed by atoms with E-state index >= 15 is 0 Å². The molecule has 3 aromatic carbocycles. The lowest BCUT2D eigenvalue weighted by Gasteiger charge is -2.13. The minimum absolute atomic E-state index is 0.149. The molecule has 3 aromatic rings. The lowest BCUT2D eigenvalue weighted by Crippen LogP contribution is -1.92. The van der Waals surface area contributed by atoms with Crippen LogP contribution < -0.4 is 0 Å².